The minimum Gasteiger partial charge on any atom is -0.368 e. The van der Waals surface area contributed by atoms with Crippen molar-refractivity contribution in [1.29, 1.82) is 0 Å². The molecule has 182 valence electrons. The Labute approximate surface area is 199 Å². The minimum absolute atomic E-state index is 0.0601. The van der Waals surface area contributed by atoms with Gasteiger partial charge in [0, 0.05) is 12.3 Å². The molecule has 3 N–H and O–H groups in total. The van der Waals surface area contributed by atoms with E-state index in [-0.39, 0.29) is 22.8 Å². The van der Waals surface area contributed by atoms with Crippen LogP contribution in [-0.2, 0) is 9.53 Å². The molecule has 5 aliphatic carbocycles. The summed E-state index contributed by atoms with van der Waals surface area (Å²) in [4.78, 5) is 12.2. The third-order valence-electron chi connectivity index (χ3n) is 13.0. The van der Waals surface area contributed by atoms with Crippen LogP contribution >= 0.6 is 0 Å². The zero-order chi connectivity index (χ0) is 23.0. The molecular formula is C29H44N2O2. The molecule has 0 radical (unpaired) electrons. The van der Waals surface area contributed by atoms with Gasteiger partial charge < -0.3 is 10.5 Å². The summed E-state index contributed by atoms with van der Waals surface area (Å²) in [5.41, 5.74) is 9.32. The maximum Gasteiger partial charge on any atom is 0.155 e. The molecule has 6 fully saturated rings. The lowest BCUT2D eigenvalue weighted by molar-refractivity contribution is -0.116. The molecule has 2 unspecified atom stereocenters. The Bertz CT molecular complexity index is 946. The van der Waals surface area contributed by atoms with Gasteiger partial charge in [0.05, 0.1) is 17.4 Å². The standard InChI is InChI=1S/C29H44N2O2/c1-17-11-24-29(30,31-14-17)18(2)28(33-24)10-8-22-21-6-5-19-12-20(32)7-9-26(19,4)23(21)13-27(22)15-25(27,3)16-28/h12,17-18,21-24,31H,5-11,13-16,30H2,1-4H3/t17-,18-,21-,22-,23-,24+,25?,26-,27?,28-,29-/m0/s1. The largest absolute Gasteiger partial charge is 0.368 e. The molecule has 4 saturated carbocycles. The van der Waals surface area contributed by atoms with Crippen LogP contribution in [-0.4, -0.2) is 29.7 Å². The van der Waals surface area contributed by atoms with E-state index in [1.54, 1.807) is 0 Å². The second-order valence-corrected chi connectivity index (χ2v) is 14.3. The lowest BCUT2D eigenvalue weighted by Gasteiger charge is -2.48. The van der Waals surface area contributed by atoms with Gasteiger partial charge in [-0.2, -0.15) is 0 Å². The van der Waals surface area contributed by atoms with Gasteiger partial charge in [-0.05, 0) is 110 Å². The van der Waals surface area contributed by atoms with E-state index in [1.807, 2.05) is 0 Å². The number of ketones is 1. The fourth-order valence-corrected chi connectivity index (χ4v) is 11.0. The Morgan fingerprint density at radius 1 is 1.09 bits per heavy atom. The van der Waals surface area contributed by atoms with Crippen molar-refractivity contribution >= 4 is 5.78 Å². The summed E-state index contributed by atoms with van der Waals surface area (Å²) in [5.74, 6) is 3.81. The van der Waals surface area contributed by atoms with Crippen molar-refractivity contribution in [2.75, 3.05) is 6.54 Å². The summed E-state index contributed by atoms with van der Waals surface area (Å²) in [5, 5.41) is 3.74. The molecule has 7 rings (SSSR count). The third kappa shape index (κ3) is 2.52. The van der Waals surface area contributed by atoms with Crippen molar-refractivity contribution in [3.05, 3.63) is 11.6 Å². The highest BCUT2D eigenvalue weighted by molar-refractivity contribution is 5.91. The van der Waals surface area contributed by atoms with Crippen molar-refractivity contribution < 1.29 is 9.53 Å². The highest BCUT2D eigenvalue weighted by Gasteiger charge is 2.78. The predicted octanol–water partition coefficient (Wildman–Crippen LogP) is 4.97. The molecule has 33 heavy (non-hydrogen) atoms. The number of ether oxygens (including phenoxy) is 1. The van der Waals surface area contributed by atoms with E-state index in [0.29, 0.717) is 28.4 Å². The molecule has 2 heterocycles. The average molecular weight is 453 g/mol. The van der Waals surface area contributed by atoms with E-state index in [1.165, 1.54) is 44.1 Å². The normalized spacial score (nSPS) is 61.4. The van der Waals surface area contributed by atoms with Gasteiger partial charge in [0.25, 0.3) is 0 Å². The number of allylic oxidation sites excluding steroid dienone is 2. The van der Waals surface area contributed by atoms with Crippen molar-refractivity contribution in [3.8, 4) is 0 Å². The Balaban J connectivity index is 1.21. The van der Waals surface area contributed by atoms with Gasteiger partial charge in [0.2, 0.25) is 0 Å². The first-order valence-electron chi connectivity index (χ1n) is 14.0. The van der Waals surface area contributed by atoms with E-state index in [4.69, 9.17) is 10.5 Å². The maximum atomic E-state index is 12.2. The SMILES string of the molecule is C[C@@H]1CN[C@]2(N)[C@@H](C1)O[C@]1(CC[C@H]3[C@@H]4CCC5=CC(=O)CC[C@]5(C)[C@H]4CC34CC4(C)C1)[C@@H]2C. The lowest BCUT2D eigenvalue weighted by atomic mass is 9.56. The van der Waals surface area contributed by atoms with Crippen LogP contribution in [0.5, 0.6) is 0 Å². The van der Waals surface area contributed by atoms with Gasteiger partial charge in [-0.15, -0.1) is 0 Å². The summed E-state index contributed by atoms with van der Waals surface area (Å²) >= 11 is 0. The van der Waals surface area contributed by atoms with Crippen LogP contribution in [0.25, 0.3) is 0 Å². The zero-order valence-corrected chi connectivity index (χ0v) is 21.2. The molecule has 0 aromatic heterocycles. The monoisotopic (exact) mass is 452 g/mol. The Morgan fingerprint density at radius 2 is 1.91 bits per heavy atom. The van der Waals surface area contributed by atoms with Crippen molar-refractivity contribution in [2.24, 2.45) is 51.6 Å². The van der Waals surface area contributed by atoms with E-state index in [9.17, 15) is 4.79 Å². The van der Waals surface area contributed by atoms with Gasteiger partial charge in [0.1, 0.15) is 0 Å². The smallest absolute Gasteiger partial charge is 0.155 e. The number of carbonyl (C=O) groups excluding carboxylic acids is 1. The Hall–Kier alpha value is -0.710. The second-order valence-electron chi connectivity index (χ2n) is 14.3. The molecule has 2 aliphatic heterocycles. The van der Waals surface area contributed by atoms with E-state index < -0.39 is 0 Å². The van der Waals surface area contributed by atoms with Crippen molar-refractivity contribution in [2.45, 2.75) is 109 Å². The number of piperidine rings is 1. The van der Waals surface area contributed by atoms with Gasteiger partial charge in [-0.25, -0.2) is 0 Å². The molecule has 4 nitrogen and oxygen atoms in total. The van der Waals surface area contributed by atoms with Gasteiger partial charge >= 0.3 is 0 Å². The van der Waals surface area contributed by atoms with E-state index in [0.717, 1.165) is 50.0 Å². The lowest BCUT2D eigenvalue weighted by Crippen LogP contribution is -2.67. The summed E-state index contributed by atoms with van der Waals surface area (Å²) in [6.07, 6.45) is 14.1. The van der Waals surface area contributed by atoms with Gasteiger partial charge in [0.15, 0.2) is 5.78 Å². The molecule has 0 bridgehead atoms. The molecule has 0 aromatic rings. The molecular weight excluding hydrogens is 408 g/mol. The molecule has 11 atom stereocenters. The molecule has 2 saturated heterocycles. The second kappa shape index (κ2) is 6.34. The van der Waals surface area contributed by atoms with Crippen LogP contribution in [0.3, 0.4) is 0 Å². The number of nitrogens with two attached hydrogens (primary N) is 1. The summed E-state index contributed by atoms with van der Waals surface area (Å²) in [6, 6.07) is 0. The number of hydrogen-bond donors (Lipinski definition) is 2. The first kappa shape index (κ1) is 21.6. The number of hydrogen-bond acceptors (Lipinski definition) is 4. The fourth-order valence-electron chi connectivity index (χ4n) is 11.0. The maximum absolute atomic E-state index is 12.2. The summed E-state index contributed by atoms with van der Waals surface area (Å²) in [7, 11) is 0. The fraction of sp³-hybridized carbons (Fsp3) is 0.897. The number of fused-ring (bicyclic) bond motifs is 5. The zero-order valence-electron chi connectivity index (χ0n) is 21.2. The topological polar surface area (TPSA) is 64.3 Å². The quantitative estimate of drug-likeness (QED) is 0.545. The van der Waals surface area contributed by atoms with E-state index in [2.05, 4.69) is 39.1 Å². The van der Waals surface area contributed by atoms with Gasteiger partial charge in [-0.1, -0.05) is 33.3 Å². The Kier molecular flexibility index (Phi) is 4.14. The average Bonchev–Trinajstić information content (AvgIpc) is 3.12. The van der Waals surface area contributed by atoms with Crippen LogP contribution in [0.2, 0.25) is 0 Å². The molecule has 4 heteroatoms. The highest BCUT2D eigenvalue weighted by Crippen LogP contribution is 2.83. The van der Waals surface area contributed by atoms with Crippen LogP contribution in [0.15, 0.2) is 11.6 Å². The summed E-state index contributed by atoms with van der Waals surface area (Å²) < 4.78 is 7.10. The van der Waals surface area contributed by atoms with Crippen molar-refractivity contribution in [1.82, 2.24) is 5.32 Å². The molecule has 2 spiro atoms. The predicted molar refractivity (Wildman–Crippen MR) is 129 cm³/mol. The van der Waals surface area contributed by atoms with Crippen LogP contribution in [0.1, 0.15) is 91.9 Å². The van der Waals surface area contributed by atoms with Crippen LogP contribution < -0.4 is 11.1 Å². The molecule has 0 aromatic carbocycles. The Morgan fingerprint density at radius 3 is 2.73 bits per heavy atom. The highest BCUT2D eigenvalue weighted by atomic mass is 16.5. The van der Waals surface area contributed by atoms with Crippen molar-refractivity contribution in [3.63, 3.8) is 0 Å². The minimum atomic E-state index is -0.362. The molecule has 0 amide bonds. The molecule has 7 aliphatic rings. The van der Waals surface area contributed by atoms with Crippen LogP contribution in [0.4, 0.5) is 0 Å². The summed E-state index contributed by atoms with van der Waals surface area (Å²) in [6.45, 7) is 10.9. The van der Waals surface area contributed by atoms with Gasteiger partial charge in [-0.3, -0.25) is 10.1 Å². The number of carbonyl (C=O) groups is 1. The number of rotatable bonds is 0. The van der Waals surface area contributed by atoms with Crippen LogP contribution in [0, 0.1) is 45.8 Å². The van der Waals surface area contributed by atoms with E-state index >= 15 is 0 Å². The number of nitrogens with one attached hydrogen (secondary N) is 1. The third-order valence-corrected chi connectivity index (χ3v) is 13.0. The first-order chi connectivity index (χ1) is 15.6. The first-order valence-corrected chi connectivity index (χ1v) is 14.0.